The molecule has 0 aliphatic rings. The van der Waals surface area contributed by atoms with Crippen molar-refractivity contribution in [3.05, 3.63) is 29.6 Å². The zero-order valence-electron chi connectivity index (χ0n) is 12.0. The average molecular weight is 269 g/mol. The van der Waals surface area contributed by atoms with Gasteiger partial charge < -0.3 is 5.32 Å². The molecule has 0 aliphatic heterocycles. The highest BCUT2D eigenvalue weighted by Gasteiger charge is 2.12. The second-order valence-corrected chi connectivity index (χ2v) is 6.79. The van der Waals surface area contributed by atoms with Crippen LogP contribution >= 0.6 is 11.8 Å². The topological polar surface area (TPSA) is 12.0 Å². The van der Waals surface area contributed by atoms with Gasteiger partial charge in [-0.15, -0.1) is 11.8 Å². The minimum atomic E-state index is -0.101. The molecule has 0 spiro atoms. The molecule has 0 aromatic heterocycles. The maximum Gasteiger partial charge on any atom is 0.137 e. The van der Waals surface area contributed by atoms with Gasteiger partial charge in [0.2, 0.25) is 0 Å². The number of halogens is 1. The van der Waals surface area contributed by atoms with Gasteiger partial charge in [0.1, 0.15) is 5.82 Å². The van der Waals surface area contributed by atoms with E-state index < -0.39 is 0 Å². The Morgan fingerprint density at radius 3 is 2.33 bits per heavy atom. The molecule has 0 bridgehead atoms. The summed E-state index contributed by atoms with van der Waals surface area (Å²) in [6.07, 6.45) is 0. The van der Waals surface area contributed by atoms with E-state index >= 15 is 0 Å². The SMILES string of the molecule is CC(C)NCc1ccc(SC(C)C(C)C)c(F)c1. The van der Waals surface area contributed by atoms with Crippen molar-refractivity contribution in [3.8, 4) is 0 Å². The lowest BCUT2D eigenvalue weighted by molar-refractivity contribution is 0.573. The smallest absolute Gasteiger partial charge is 0.137 e. The molecule has 0 fully saturated rings. The summed E-state index contributed by atoms with van der Waals surface area (Å²) >= 11 is 1.62. The van der Waals surface area contributed by atoms with Crippen molar-refractivity contribution in [1.82, 2.24) is 5.32 Å². The number of nitrogens with one attached hydrogen (secondary N) is 1. The van der Waals surface area contributed by atoms with Crippen LogP contribution in [-0.2, 0) is 6.54 Å². The predicted octanol–water partition coefficient (Wildman–Crippen LogP) is 4.46. The summed E-state index contributed by atoms with van der Waals surface area (Å²) in [5, 5.41) is 3.72. The Morgan fingerprint density at radius 1 is 1.17 bits per heavy atom. The van der Waals surface area contributed by atoms with Gasteiger partial charge in [-0.2, -0.15) is 0 Å². The summed E-state index contributed by atoms with van der Waals surface area (Å²) in [7, 11) is 0. The molecule has 0 radical (unpaired) electrons. The van der Waals surface area contributed by atoms with E-state index in [4.69, 9.17) is 0 Å². The Morgan fingerprint density at radius 2 is 1.83 bits per heavy atom. The Balaban J connectivity index is 2.67. The van der Waals surface area contributed by atoms with Gasteiger partial charge in [-0.3, -0.25) is 0 Å². The minimum absolute atomic E-state index is 0.101. The lowest BCUT2D eigenvalue weighted by Crippen LogP contribution is -2.21. The molecule has 1 nitrogen and oxygen atoms in total. The molecular weight excluding hydrogens is 245 g/mol. The largest absolute Gasteiger partial charge is 0.310 e. The quantitative estimate of drug-likeness (QED) is 0.765. The first kappa shape index (κ1) is 15.5. The van der Waals surface area contributed by atoms with E-state index in [0.29, 0.717) is 17.2 Å². The normalized spacial score (nSPS) is 13.3. The third-order valence-electron chi connectivity index (χ3n) is 2.96. The van der Waals surface area contributed by atoms with Crippen LogP contribution in [0.1, 0.15) is 40.2 Å². The van der Waals surface area contributed by atoms with Crippen molar-refractivity contribution in [2.75, 3.05) is 0 Å². The van der Waals surface area contributed by atoms with Gasteiger partial charge in [0.25, 0.3) is 0 Å². The summed E-state index contributed by atoms with van der Waals surface area (Å²) in [6, 6.07) is 5.97. The molecule has 0 amide bonds. The van der Waals surface area contributed by atoms with E-state index in [1.165, 1.54) is 0 Å². The van der Waals surface area contributed by atoms with Crippen LogP contribution < -0.4 is 5.32 Å². The standard InChI is InChI=1S/C15H24FNS/c1-10(2)12(5)18-15-7-6-13(8-14(15)16)9-17-11(3)4/h6-8,10-12,17H,9H2,1-5H3. The van der Waals surface area contributed by atoms with E-state index in [2.05, 4.69) is 39.9 Å². The number of benzene rings is 1. The fourth-order valence-electron chi connectivity index (χ4n) is 1.41. The molecule has 0 saturated heterocycles. The van der Waals surface area contributed by atoms with Gasteiger partial charge in [0.05, 0.1) is 0 Å². The monoisotopic (exact) mass is 269 g/mol. The molecule has 1 N–H and O–H groups in total. The van der Waals surface area contributed by atoms with Gasteiger partial charge in [0.15, 0.2) is 0 Å². The molecule has 1 atom stereocenters. The van der Waals surface area contributed by atoms with Crippen molar-refractivity contribution in [3.63, 3.8) is 0 Å². The maximum atomic E-state index is 13.9. The Kier molecular flexibility index (Phi) is 6.16. The fourth-order valence-corrected chi connectivity index (χ4v) is 2.40. The highest BCUT2D eigenvalue weighted by Crippen LogP contribution is 2.30. The van der Waals surface area contributed by atoms with Crippen LogP contribution in [0.4, 0.5) is 4.39 Å². The van der Waals surface area contributed by atoms with Crippen LogP contribution in [0, 0.1) is 11.7 Å². The average Bonchev–Trinajstić information content (AvgIpc) is 2.29. The van der Waals surface area contributed by atoms with Crippen LogP contribution in [-0.4, -0.2) is 11.3 Å². The Bertz CT molecular complexity index is 377. The van der Waals surface area contributed by atoms with Crippen molar-refractivity contribution in [1.29, 1.82) is 0 Å². The zero-order valence-corrected chi connectivity index (χ0v) is 12.8. The third-order valence-corrected chi connectivity index (χ3v) is 4.46. The van der Waals surface area contributed by atoms with Crippen molar-refractivity contribution in [2.24, 2.45) is 5.92 Å². The van der Waals surface area contributed by atoms with E-state index in [9.17, 15) is 4.39 Å². The Labute approximate surface area is 115 Å². The van der Waals surface area contributed by atoms with Crippen LogP contribution in [0.3, 0.4) is 0 Å². The molecule has 1 unspecified atom stereocenters. The van der Waals surface area contributed by atoms with Crippen LogP contribution in [0.2, 0.25) is 0 Å². The van der Waals surface area contributed by atoms with Crippen molar-refractivity contribution < 1.29 is 4.39 Å². The van der Waals surface area contributed by atoms with E-state index in [-0.39, 0.29) is 5.82 Å². The number of hydrogen-bond acceptors (Lipinski definition) is 2. The first-order chi connectivity index (χ1) is 8.40. The van der Waals surface area contributed by atoms with E-state index in [1.807, 2.05) is 12.1 Å². The molecule has 0 aliphatic carbocycles. The Hall–Kier alpha value is -0.540. The molecule has 3 heteroatoms. The molecule has 1 rings (SSSR count). The second-order valence-electron chi connectivity index (χ2n) is 5.37. The van der Waals surface area contributed by atoms with E-state index in [1.54, 1.807) is 17.8 Å². The summed E-state index contributed by atoms with van der Waals surface area (Å²) in [6.45, 7) is 11.4. The number of rotatable bonds is 6. The molecule has 0 heterocycles. The summed E-state index contributed by atoms with van der Waals surface area (Å²) in [5.41, 5.74) is 1.00. The zero-order chi connectivity index (χ0) is 13.7. The first-order valence-electron chi connectivity index (χ1n) is 6.58. The van der Waals surface area contributed by atoms with Crippen molar-refractivity contribution in [2.45, 2.75) is 57.4 Å². The first-order valence-corrected chi connectivity index (χ1v) is 7.46. The van der Waals surface area contributed by atoms with Gasteiger partial charge in [-0.1, -0.05) is 40.7 Å². The van der Waals surface area contributed by atoms with Gasteiger partial charge in [0, 0.05) is 22.7 Å². The van der Waals surface area contributed by atoms with Crippen LogP contribution in [0.25, 0.3) is 0 Å². The van der Waals surface area contributed by atoms with E-state index in [0.717, 1.165) is 17.0 Å². The fraction of sp³-hybridized carbons (Fsp3) is 0.600. The molecule has 18 heavy (non-hydrogen) atoms. The van der Waals surface area contributed by atoms with Gasteiger partial charge in [-0.25, -0.2) is 4.39 Å². The summed E-state index contributed by atoms with van der Waals surface area (Å²) in [4.78, 5) is 0.754. The summed E-state index contributed by atoms with van der Waals surface area (Å²) in [5.74, 6) is 0.451. The molecular formula is C15H24FNS. The van der Waals surface area contributed by atoms with Crippen LogP contribution in [0.15, 0.2) is 23.1 Å². The number of thioether (sulfide) groups is 1. The lowest BCUT2D eigenvalue weighted by atomic mass is 10.2. The minimum Gasteiger partial charge on any atom is -0.310 e. The maximum absolute atomic E-state index is 13.9. The van der Waals surface area contributed by atoms with Gasteiger partial charge >= 0.3 is 0 Å². The molecule has 102 valence electrons. The summed E-state index contributed by atoms with van der Waals surface area (Å²) < 4.78 is 13.9. The van der Waals surface area contributed by atoms with Crippen LogP contribution in [0.5, 0.6) is 0 Å². The molecule has 0 saturated carbocycles. The van der Waals surface area contributed by atoms with Gasteiger partial charge in [-0.05, 0) is 23.6 Å². The lowest BCUT2D eigenvalue weighted by Gasteiger charge is -2.16. The highest BCUT2D eigenvalue weighted by atomic mass is 32.2. The highest BCUT2D eigenvalue weighted by molar-refractivity contribution is 8.00. The third kappa shape index (κ3) is 4.99. The predicted molar refractivity (Wildman–Crippen MR) is 78.5 cm³/mol. The molecule has 1 aromatic carbocycles. The number of hydrogen-bond donors (Lipinski definition) is 1. The van der Waals surface area contributed by atoms with Crippen molar-refractivity contribution >= 4 is 11.8 Å². The molecule has 1 aromatic rings. The second kappa shape index (κ2) is 7.15.